The predicted octanol–water partition coefficient (Wildman–Crippen LogP) is 1.30. The average Bonchev–Trinajstić information content (AvgIpc) is 2.83. The summed E-state index contributed by atoms with van der Waals surface area (Å²) in [5.74, 6) is -0.964. The molecule has 1 aromatic rings. The summed E-state index contributed by atoms with van der Waals surface area (Å²) in [5.41, 5.74) is -0.458. The van der Waals surface area contributed by atoms with Gasteiger partial charge in [-0.25, -0.2) is 4.79 Å². The van der Waals surface area contributed by atoms with Crippen molar-refractivity contribution in [3.8, 4) is 11.5 Å². The second kappa shape index (κ2) is 8.81. The third kappa shape index (κ3) is 6.33. The van der Waals surface area contributed by atoms with Gasteiger partial charge in [-0.05, 0) is 39.3 Å². The lowest BCUT2D eigenvalue weighted by molar-refractivity contribution is -0.130. The topological polar surface area (TPSA) is 119 Å². The molecule has 0 spiro atoms. The van der Waals surface area contributed by atoms with Crippen molar-refractivity contribution in [3.63, 3.8) is 0 Å². The number of rotatable bonds is 3. The lowest BCUT2D eigenvalue weighted by Gasteiger charge is -2.23. The minimum absolute atomic E-state index is 0.177. The number of alkyl carbamates (subject to hydrolysis) is 1. The molecule has 3 N–H and O–H groups in total. The largest absolute Gasteiger partial charge is 0.508 e. The van der Waals surface area contributed by atoms with E-state index in [9.17, 15) is 24.6 Å². The van der Waals surface area contributed by atoms with Crippen molar-refractivity contribution in [2.75, 3.05) is 32.7 Å². The van der Waals surface area contributed by atoms with Crippen LogP contribution >= 0.6 is 0 Å². The van der Waals surface area contributed by atoms with Crippen molar-refractivity contribution in [2.24, 2.45) is 0 Å². The number of nitrogens with one attached hydrogen (secondary N) is 1. The molecule has 1 heterocycles. The normalized spacial score (nSPS) is 15.0. The van der Waals surface area contributed by atoms with E-state index in [0.717, 1.165) is 6.07 Å². The first-order chi connectivity index (χ1) is 13.0. The Kier molecular flexibility index (Phi) is 6.71. The van der Waals surface area contributed by atoms with E-state index in [-0.39, 0.29) is 35.4 Å². The van der Waals surface area contributed by atoms with Crippen LogP contribution in [-0.2, 0) is 9.53 Å². The van der Waals surface area contributed by atoms with Crippen LogP contribution in [0.4, 0.5) is 4.79 Å². The van der Waals surface area contributed by atoms with Crippen LogP contribution in [0.2, 0.25) is 0 Å². The fraction of sp³-hybridized carbons (Fsp3) is 0.526. The predicted molar refractivity (Wildman–Crippen MR) is 101 cm³/mol. The Morgan fingerprint density at radius 1 is 1.00 bits per heavy atom. The molecular weight excluding hydrogens is 366 g/mol. The number of aromatic hydroxyl groups is 2. The molecule has 3 amide bonds. The fourth-order valence-electron chi connectivity index (χ4n) is 2.84. The number of carbonyl (C=O) groups excluding carboxylic acids is 3. The molecular formula is C19H27N3O6. The van der Waals surface area contributed by atoms with Crippen LogP contribution in [0.3, 0.4) is 0 Å². The molecule has 9 nitrogen and oxygen atoms in total. The van der Waals surface area contributed by atoms with Crippen LogP contribution < -0.4 is 5.32 Å². The molecule has 0 radical (unpaired) electrons. The summed E-state index contributed by atoms with van der Waals surface area (Å²) in [7, 11) is 0. The summed E-state index contributed by atoms with van der Waals surface area (Å²) >= 11 is 0. The van der Waals surface area contributed by atoms with Gasteiger partial charge in [0.05, 0.1) is 0 Å². The summed E-state index contributed by atoms with van der Waals surface area (Å²) in [5, 5.41) is 21.6. The van der Waals surface area contributed by atoms with Crippen LogP contribution in [0.25, 0.3) is 0 Å². The monoisotopic (exact) mass is 393 g/mol. The maximum atomic E-state index is 12.6. The van der Waals surface area contributed by atoms with E-state index in [0.29, 0.717) is 32.6 Å². The highest BCUT2D eigenvalue weighted by molar-refractivity contribution is 5.95. The van der Waals surface area contributed by atoms with Crippen LogP contribution in [0, 0.1) is 0 Å². The molecule has 28 heavy (non-hydrogen) atoms. The third-order valence-electron chi connectivity index (χ3n) is 4.07. The number of amides is 3. The second-order valence-electron chi connectivity index (χ2n) is 7.62. The van der Waals surface area contributed by atoms with Crippen molar-refractivity contribution in [2.45, 2.75) is 32.8 Å². The minimum Gasteiger partial charge on any atom is -0.508 e. The zero-order chi connectivity index (χ0) is 20.9. The van der Waals surface area contributed by atoms with E-state index in [2.05, 4.69) is 5.32 Å². The summed E-state index contributed by atoms with van der Waals surface area (Å²) < 4.78 is 5.10. The Balaban J connectivity index is 1.89. The van der Waals surface area contributed by atoms with E-state index < -0.39 is 11.7 Å². The SMILES string of the molecule is CC(C)(C)OC(=O)NCC(=O)N1CCCN(C(=O)c2cc(O)cc(O)c2)CC1. The number of nitrogens with zero attached hydrogens (tertiary/aromatic N) is 2. The smallest absolute Gasteiger partial charge is 0.408 e. The first-order valence-corrected chi connectivity index (χ1v) is 9.12. The summed E-state index contributed by atoms with van der Waals surface area (Å²) in [6.07, 6.45) is -0.0782. The van der Waals surface area contributed by atoms with Crippen molar-refractivity contribution in [1.82, 2.24) is 15.1 Å². The van der Waals surface area contributed by atoms with Crippen molar-refractivity contribution < 1.29 is 29.3 Å². The highest BCUT2D eigenvalue weighted by Gasteiger charge is 2.24. The zero-order valence-corrected chi connectivity index (χ0v) is 16.4. The van der Waals surface area contributed by atoms with E-state index in [1.165, 1.54) is 12.1 Å². The van der Waals surface area contributed by atoms with Gasteiger partial charge < -0.3 is 30.1 Å². The van der Waals surface area contributed by atoms with Gasteiger partial charge in [-0.3, -0.25) is 9.59 Å². The van der Waals surface area contributed by atoms with E-state index in [4.69, 9.17) is 4.74 Å². The third-order valence-corrected chi connectivity index (χ3v) is 4.07. The first-order valence-electron chi connectivity index (χ1n) is 9.12. The molecule has 1 aromatic carbocycles. The quantitative estimate of drug-likeness (QED) is 0.712. The molecule has 1 saturated heterocycles. The molecule has 0 bridgehead atoms. The van der Waals surface area contributed by atoms with Gasteiger partial charge in [0, 0.05) is 37.8 Å². The average molecular weight is 393 g/mol. The number of hydrogen-bond donors (Lipinski definition) is 3. The molecule has 0 aromatic heterocycles. The highest BCUT2D eigenvalue weighted by atomic mass is 16.6. The second-order valence-corrected chi connectivity index (χ2v) is 7.62. The van der Waals surface area contributed by atoms with Crippen molar-refractivity contribution in [3.05, 3.63) is 23.8 Å². The van der Waals surface area contributed by atoms with Crippen LogP contribution in [0.5, 0.6) is 11.5 Å². The fourth-order valence-corrected chi connectivity index (χ4v) is 2.84. The van der Waals surface area contributed by atoms with E-state index in [1.54, 1.807) is 30.6 Å². The minimum atomic E-state index is -0.656. The Morgan fingerprint density at radius 3 is 2.18 bits per heavy atom. The Morgan fingerprint density at radius 2 is 1.57 bits per heavy atom. The van der Waals surface area contributed by atoms with Gasteiger partial charge in [-0.1, -0.05) is 0 Å². The Bertz CT molecular complexity index is 723. The molecule has 0 atom stereocenters. The van der Waals surface area contributed by atoms with Crippen LogP contribution in [-0.4, -0.2) is 76.2 Å². The first kappa shape index (κ1) is 21.3. The van der Waals surface area contributed by atoms with Gasteiger partial charge in [0.1, 0.15) is 23.6 Å². The molecule has 9 heteroatoms. The molecule has 2 rings (SSSR count). The molecule has 0 aliphatic carbocycles. The summed E-state index contributed by atoms with van der Waals surface area (Å²) in [6, 6.07) is 3.73. The van der Waals surface area contributed by atoms with Crippen molar-refractivity contribution >= 4 is 17.9 Å². The van der Waals surface area contributed by atoms with Gasteiger partial charge in [0.2, 0.25) is 5.91 Å². The molecule has 0 unspecified atom stereocenters. The van der Waals surface area contributed by atoms with Crippen LogP contribution in [0.15, 0.2) is 18.2 Å². The zero-order valence-electron chi connectivity index (χ0n) is 16.4. The molecule has 1 aliphatic rings. The lowest BCUT2D eigenvalue weighted by Crippen LogP contribution is -2.43. The van der Waals surface area contributed by atoms with Crippen molar-refractivity contribution in [1.29, 1.82) is 0 Å². The Labute approximate surface area is 163 Å². The standard InChI is InChI=1S/C19H27N3O6/c1-19(2,3)28-18(27)20-12-16(25)21-5-4-6-22(8-7-21)17(26)13-9-14(23)11-15(24)10-13/h9-11,23-24H,4-8,12H2,1-3H3,(H,20,27). The number of ether oxygens (including phenoxy) is 1. The van der Waals surface area contributed by atoms with Gasteiger partial charge in [-0.15, -0.1) is 0 Å². The van der Waals surface area contributed by atoms with Crippen LogP contribution in [0.1, 0.15) is 37.6 Å². The Hall–Kier alpha value is -2.97. The number of hydrogen-bond acceptors (Lipinski definition) is 6. The van der Waals surface area contributed by atoms with Gasteiger partial charge in [-0.2, -0.15) is 0 Å². The molecule has 0 saturated carbocycles. The molecule has 154 valence electrons. The summed E-state index contributed by atoms with van der Waals surface area (Å²) in [4.78, 5) is 39.8. The molecule has 1 aliphatic heterocycles. The number of benzene rings is 1. The van der Waals surface area contributed by atoms with E-state index in [1.807, 2.05) is 0 Å². The maximum absolute atomic E-state index is 12.6. The van der Waals surface area contributed by atoms with Gasteiger partial charge in [0.15, 0.2) is 0 Å². The lowest BCUT2D eigenvalue weighted by atomic mass is 10.1. The summed E-state index contributed by atoms with van der Waals surface area (Å²) in [6.45, 7) is 6.58. The molecule has 1 fully saturated rings. The maximum Gasteiger partial charge on any atom is 0.408 e. The highest BCUT2D eigenvalue weighted by Crippen LogP contribution is 2.22. The number of phenolic OH excluding ortho intramolecular Hbond substituents is 2. The number of phenols is 2. The number of carbonyl (C=O) groups is 3. The van der Waals surface area contributed by atoms with Gasteiger partial charge >= 0.3 is 6.09 Å². The van der Waals surface area contributed by atoms with Gasteiger partial charge in [0.25, 0.3) is 5.91 Å². The van der Waals surface area contributed by atoms with E-state index >= 15 is 0 Å².